The fraction of sp³-hybridized carbons (Fsp3) is 0.500. The Morgan fingerprint density at radius 3 is 2.39 bits per heavy atom. The Labute approximate surface area is 122 Å². The van der Waals surface area contributed by atoms with Gasteiger partial charge in [0.25, 0.3) is 0 Å². The Morgan fingerprint density at radius 1 is 1.11 bits per heavy atom. The maximum atomic E-state index is 6.22. The summed E-state index contributed by atoms with van der Waals surface area (Å²) < 4.78 is 1.18. The summed E-state index contributed by atoms with van der Waals surface area (Å²) in [4.78, 5) is 0. The van der Waals surface area contributed by atoms with Gasteiger partial charge in [-0.15, -0.1) is 0 Å². The Hall–Kier alpha value is 0.253. The number of hydrogen-bond acceptors (Lipinski definition) is 1. The summed E-state index contributed by atoms with van der Waals surface area (Å²) in [5.74, 6) is 0. The average Bonchev–Trinajstić information content (AvgIpc) is 2.40. The molecule has 0 bridgehead atoms. The Balaban J connectivity index is 1.99. The minimum atomic E-state index is -1.82. The second-order valence-corrected chi connectivity index (χ2v) is 10.6. The van der Waals surface area contributed by atoms with Crippen LogP contribution >= 0.6 is 19.4 Å². The maximum absolute atomic E-state index is 6.22. The molecule has 0 spiro atoms. The van der Waals surface area contributed by atoms with Crippen molar-refractivity contribution in [1.29, 1.82) is 0 Å². The van der Waals surface area contributed by atoms with Crippen LogP contribution in [0.15, 0.2) is 30.3 Å². The fourth-order valence-corrected chi connectivity index (χ4v) is 4.52. The van der Waals surface area contributed by atoms with E-state index in [-0.39, 0.29) is 0 Å². The first-order valence-electron chi connectivity index (χ1n) is 6.42. The van der Waals surface area contributed by atoms with Crippen LogP contribution in [-0.4, -0.2) is 10.3 Å². The van der Waals surface area contributed by atoms with Crippen molar-refractivity contribution in [3.8, 4) is 0 Å². The summed E-state index contributed by atoms with van der Waals surface area (Å²) in [5.41, 5.74) is 1.29. The first-order valence-corrected chi connectivity index (χ1v) is 11.8. The van der Waals surface area contributed by atoms with E-state index in [0.717, 1.165) is 6.42 Å². The van der Waals surface area contributed by atoms with Crippen LogP contribution in [0.25, 0.3) is 0 Å². The molecule has 102 valence electrons. The van der Waals surface area contributed by atoms with Gasteiger partial charge in [0.1, 0.15) is 0 Å². The molecule has 1 saturated carbocycles. The molecule has 1 fully saturated rings. The van der Waals surface area contributed by atoms with E-state index in [4.69, 9.17) is 19.4 Å². The summed E-state index contributed by atoms with van der Waals surface area (Å²) in [7, 11) is 12.4. The zero-order valence-corrected chi connectivity index (χ0v) is 13.6. The zero-order valence-electron chi connectivity index (χ0n) is 10.3. The quantitative estimate of drug-likeness (QED) is 0.780. The molecule has 0 saturated heterocycles. The van der Waals surface area contributed by atoms with Crippen LogP contribution in [0.5, 0.6) is 0 Å². The molecule has 0 radical (unpaired) electrons. The van der Waals surface area contributed by atoms with E-state index in [1.807, 2.05) is 6.07 Å². The Morgan fingerprint density at radius 2 is 1.78 bits per heavy atom. The van der Waals surface area contributed by atoms with Crippen molar-refractivity contribution in [2.24, 2.45) is 0 Å². The molecule has 1 aromatic rings. The van der Waals surface area contributed by atoms with Gasteiger partial charge in [0, 0.05) is 0 Å². The van der Waals surface area contributed by atoms with E-state index in [9.17, 15) is 0 Å². The van der Waals surface area contributed by atoms with E-state index < -0.39 is 13.5 Å². The molecule has 0 amide bonds. The zero-order chi connectivity index (χ0) is 12.8. The average molecular weight is 373 g/mol. The van der Waals surface area contributed by atoms with Crippen LogP contribution in [0.2, 0.25) is 0 Å². The third kappa shape index (κ3) is 4.74. The molecule has 4 heteroatoms. The van der Waals surface area contributed by atoms with Gasteiger partial charge in [-0.05, 0) is 0 Å². The van der Waals surface area contributed by atoms with E-state index >= 15 is 0 Å². The number of benzene rings is 1. The third-order valence-electron chi connectivity index (χ3n) is 3.32. The standard InChI is InChI=1S/C14H19N.2ClH.Ru/c1-3-7-13(8-4-1)11-12-15-14-9-5-2-6-10-14;;;/h1,3-4,7-8,14-15H,2,5-6,9-11H2;2*1H;/q;;;+2/p-2. The number of halogens is 2. The topological polar surface area (TPSA) is 12.0 Å². The molecule has 0 aromatic heterocycles. The van der Waals surface area contributed by atoms with Gasteiger partial charge >= 0.3 is 123 Å². The Kier molecular flexibility index (Phi) is 6.31. The van der Waals surface area contributed by atoms with E-state index in [1.54, 1.807) is 0 Å². The van der Waals surface area contributed by atoms with Crippen molar-refractivity contribution in [2.75, 3.05) is 0 Å². The number of hydrogen-bond donors (Lipinski definition) is 1. The molecular formula is C14H19Cl2NRu. The first kappa shape index (κ1) is 14.7. The Bertz CT molecular complexity index is 396. The molecule has 1 nitrogen and oxygen atoms in total. The molecule has 0 aliphatic heterocycles. The molecule has 1 aromatic carbocycles. The van der Waals surface area contributed by atoms with Gasteiger partial charge in [-0.3, -0.25) is 0 Å². The van der Waals surface area contributed by atoms with Gasteiger partial charge in [-0.2, -0.15) is 0 Å². The van der Waals surface area contributed by atoms with E-state index in [0.29, 0.717) is 6.04 Å². The summed E-state index contributed by atoms with van der Waals surface area (Å²) in [6.07, 6.45) is 7.42. The van der Waals surface area contributed by atoms with E-state index in [2.05, 4.69) is 29.6 Å². The third-order valence-corrected chi connectivity index (χ3v) is 6.58. The first-order chi connectivity index (χ1) is 8.75. The van der Waals surface area contributed by atoms with Crippen molar-refractivity contribution in [3.05, 3.63) is 35.9 Å². The molecule has 0 heterocycles. The molecule has 1 aliphatic carbocycles. The van der Waals surface area contributed by atoms with Crippen molar-refractivity contribution < 1.29 is 13.5 Å². The molecule has 1 aliphatic rings. The van der Waals surface area contributed by atoms with Crippen LogP contribution in [0.1, 0.15) is 37.7 Å². The van der Waals surface area contributed by atoms with Gasteiger partial charge in [0.15, 0.2) is 0 Å². The van der Waals surface area contributed by atoms with Crippen molar-refractivity contribution in [1.82, 2.24) is 5.32 Å². The second kappa shape index (κ2) is 7.75. The van der Waals surface area contributed by atoms with Gasteiger partial charge in [-0.25, -0.2) is 0 Å². The fourth-order valence-electron chi connectivity index (χ4n) is 2.37. The number of nitrogens with one attached hydrogen (secondary N) is 1. The minimum absolute atomic E-state index is 0.589. The van der Waals surface area contributed by atoms with Crippen molar-refractivity contribution in [2.45, 2.75) is 44.6 Å². The van der Waals surface area contributed by atoms with Crippen molar-refractivity contribution >= 4 is 23.6 Å². The van der Waals surface area contributed by atoms with Gasteiger partial charge in [-0.1, -0.05) is 0 Å². The predicted octanol–water partition coefficient (Wildman–Crippen LogP) is 4.21. The molecule has 2 rings (SSSR count). The molecule has 18 heavy (non-hydrogen) atoms. The normalized spacial score (nSPS) is 17.6. The van der Waals surface area contributed by atoms with Crippen LogP contribution in [0, 0.1) is 0 Å². The van der Waals surface area contributed by atoms with Crippen LogP contribution < -0.4 is 5.32 Å². The predicted molar refractivity (Wildman–Crippen MR) is 76.9 cm³/mol. The molecule has 0 unspecified atom stereocenters. The SMILES string of the molecule is [Cl][Ru]([Cl])=[C](Cc1ccccc1)NC1CCCCC1. The molecule has 0 atom stereocenters. The van der Waals surface area contributed by atoms with Crippen LogP contribution in [0.3, 0.4) is 0 Å². The summed E-state index contributed by atoms with van der Waals surface area (Å²) in [5, 5.41) is 3.62. The second-order valence-electron chi connectivity index (χ2n) is 4.72. The van der Waals surface area contributed by atoms with Crippen LogP contribution in [-0.2, 0) is 19.9 Å². The molecular weight excluding hydrogens is 354 g/mol. The summed E-state index contributed by atoms with van der Waals surface area (Å²) in [6, 6.07) is 11.0. The summed E-state index contributed by atoms with van der Waals surface area (Å²) in [6.45, 7) is 0. The molecule has 1 N–H and O–H groups in total. The van der Waals surface area contributed by atoms with Gasteiger partial charge in [0.2, 0.25) is 0 Å². The van der Waals surface area contributed by atoms with Gasteiger partial charge in [0.05, 0.1) is 0 Å². The monoisotopic (exact) mass is 373 g/mol. The van der Waals surface area contributed by atoms with Gasteiger partial charge < -0.3 is 0 Å². The van der Waals surface area contributed by atoms with E-state index in [1.165, 1.54) is 41.9 Å². The summed E-state index contributed by atoms with van der Waals surface area (Å²) >= 11 is -1.82. The van der Waals surface area contributed by atoms with Crippen LogP contribution in [0.4, 0.5) is 0 Å². The number of rotatable bonds is 4. The van der Waals surface area contributed by atoms with Crippen molar-refractivity contribution in [3.63, 3.8) is 0 Å².